The second-order valence-electron chi connectivity index (χ2n) is 6.92. The number of rotatable bonds is 6. The van der Waals surface area contributed by atoms with E-state index < -0.39 is 0 Å². The van der Waals surface area contributed by atoms with Gasteiger partial charge in [0.15, 0.2) is 0 Å². The summed E-state index contributed by atoms with van der Waals surface area (Å²) in [5.74, 6) is 0. The van der Waals surface area contributed by atoms with Crippen LogP contribution in [0, 0.1) is 5.41 Å². The first-order valence-corrected chi connectivity index (χ1v) is 7.54. The van der Waals surface area contributed by atoms with Crippen LogP contribution in [0.1, 0.15) is 41.0 Å². The van der Waals surface area contributed by atoms with Crippen molar-refractivity contribution in [3.63, 3.8) is 0 Å². The third-order valence-corrected chi connectivity index (χ3v) is 3.96. The molecular formula is C15H32N2O2. The third-order valence-electron chi connectivity index (χ3n) is 3.96. The van der Waals surface area contributed by atoms with Crippen molar-refractivity contribution >= 4 is 0 Å². The van der Waals surface area contributed by atoms with Crippen LogP contribution >= 0.6 is 0 Å². The molecule has 1 rings (SSSR count). The Morgan fingerprint density at radius 2 is 2.05 bits per heavy atom. The van der Waals surface area contributed by atoms with Gasteiger partial charge in [0.2, 0.25) is 0 Å². The number of hydrogen-bond acceptors (Lipinski definition) is 4. The lowest BCUT2D eigenvalue weighted by molar-refractivity contribution is -0.0398. The van der Waals surface area contributed by atoms with E-state index >= 15 is 0 Å². The molecule has 4 nitrogen and oxygen atoms in total. The lowest BCUT2D eigenvalue weighted by Crippen LogP contribution is -2.52. The van der Waals surface area contributed by atoms with Gasteiger partial charge in [-0.25, -0.2) is 0 Å². The predicted octanol–water partition coefficient (Wildman–Crippen LogP) is 1.48. The molecule has 2 N–H and O–H groups in total. The molecule has 2 unspecified atom stereocenters. The number of hydrogen-bond donors (Lipinski definition) is 2. The molecule has 1 aliphatic rings. The van der Waals surface area contributed by atoms with Crippen LogP contribution in [0.2, 0.25) is 0 Å². The molecule has 1 saturated heterocycles. The fourth-order valence-corrected chi connectivity index (χ4v) is 2.58. The first-order valence-electron chi connectivity index (χ1n) is 7.54. The van der Waals surface area contributed by atoms with Gasteiger partial charge in [-0.3, -0.25) is 4.90 Å². The molecule has 0 aromatic rings. The van der Waals surface area contributed by atoms with Gasteiger partial charge in [-0.2, -0.15) is 0 Å². The molecule has 0 bridgehead atoms. The Hall–Kier alpha value is -0.160. The lowest BCUT2D eigenvalue weighted by atomic mass is 9.85. The zero-order valence-corrected chi connectivity index (χ0v) is 13.3. The number of aliphatic hydroxyl groups is 1. The van der Waals surface area contributed by atoms with Crippen molar-refractivity contribution in [3.05, 3.63) is 0 Å². The Morgan fingerprint density at radius 3 is 2.58 bits per heavy atom. The van der Waals surface area contributed by atoms with Crippen LogP contribution in [-0.4, -0.2) is 61.0 Å². The summed E-state index contributed by atoms with van der Waals surface area (Å²) in [5.41, 5.74) is 0.162. The summed E-state index contributed by atoms with van der Waals surface area (Å²) in [7, 11) is 0. The summed E-state index contributed by atoms with van der Waals surface area (Å²) in [6.07, 6.45) is 1.06. The molecule has 0 aromatic carbocycles. The minimum atomic E-state index is 0.162. The van der Waals surface area contributed by atoms with E-state index in [-0.39, 0.29) is 18.1 Å². The smallest absolute Gasteiger partial charge is 0.0826 e. The van der Waals surface area contributed by atoms with Crippen LogP contribution in [0.4, 0.5) is 0 Å². The molecule has 4 heteroatoms. The fourth-order valence-electron chi connectivity index (χ4n) is 2.58. The average molecular weight is 272 g/mol. The van der Waals surface area contributed by atoms with Gasteiger partial charge in [0.05, 0.1) is 12.7 Å². The topological polar surface area (TPSA) is 44.7 Å². The van der Waals surface area contributed by atoms with Crippen LogP contribution in [0.3, 0.4) is 0 Å². The van der Waals surface area contributed by atoms with Crippen LogP contribution in [-0.2, 0) is 4.74 Å². The lowest BCUT2D eigenvalue weighted by Gasteiger charge is -2.38. The van der Waals surface area contributed by atoms with E-state index in [0.29, 0.717) is 12.1 Å². The van der Waals surface area contributed by atoms with Crippen LogP contribution < -0.4 is 5.32 Å². The maximum atomic E-state index is 9.17. The Bertz CT molecular complexity index is 251. The molecular weight excluding hydrogens is 240 g/mol. The summed E-state index contributed by atoms with van der Waals surface area (Å²) in [6, 6.07) is 0.915. The summed E-state index contributed by atoms with van der Waals surface area (Å²) in [4.78, 5) is 2.47. The van der Waals surface area contributed by atoms with Gasteiger partial charge in [0.25, 0.3) is 0 Å². The molecule has 114 valence electrons. The monoisotopic (exact) mass is 272 g/mol. The highest BCUT2D eigenvalue weighted by molar-refractivity contribution is 4.83. The van der Waals surface area contributed by atoms with Crippen molar-refractivity contribution < 1.29 is 9.84 Å². The second-order valence-corrected chi connectivity index (χ2v) is 6.92. The van der Waals surface area contributed by atoms with Crippen molar-refractivity contribution in [3.8, 4) is 0 Å². The Balaban J connectivity index is 2.41. The van der Waals surface area contributed by atoms with Gasteiger partial charge in [0.1, 0.15) is 0 Å². The quantitative estimate of drug-likeness (QED) is 0.769. The first-order chi connectivity index (χ1) is 8.84. The Kier molecular flexibility index (Phi) is 6.74. The molecule has 19 heavy (non-hydrogen) atoms. The van der Waals surface area contributed by atoms with E-state index in [2.05, 4.69) is 44.8 Å². The first kappa shape index (κ1) is 16.9. The molecule has 1 heterocycles. The number of nitrogens with one attached hydrogen (secondary N) is 1. The van der Waals surface area contributed by atoms with Crippen molar-refractivity contribution in [1.29, 1.82) is 0 Å². The number of ether oxygens (including phenoxy) is 1. The molecule has 0 spiro atoms. The van der Waals surface area contributed by atoms with Gasteiger partial charge in [0, 0.05) is 38.3 Å². The molecule has 0 aromatic heterocycles. The van der Waals surface area contributed by atoms with E-state index in [1.807, 2.05) is 0 Å². The molecule has 0 aliphatic carbocycles. The van der Waals surface area contributed by atoms with Gasteiger partial charge < -0.3 is 15.2 Å². The van der Waals surface area contributed by atoms with Gasteiger partial charge in [-0.1, -0.05) is 20.8 Å². The van der Waals surface area contributed by atoms with E-state index in [9.17, 15) is 5.11 Å². The highest BCUT2D eigenvalue weighted by Crippen LogP contribution is 2.21. The largest absolute Gasteiger partial charge is 0.396 e. The SMILES string of the molecule is CC(C)N1CCOC(CNC(CCO)C(C)(C)C)C1. The maximum absolute atomic E-state index is 9.17. The zero-order chi connectivity index (χ0) is 14.5. The highest BCUT2D eigenvalue weighted by atomic mass is 16.5. The molecule has 0 radical (unpaired) electrons. The normalized spacial score (nSPS) is 23.8. The fraction of sp³-hybridized carbons (Fsp3) is 1.00. The van der Waals surface area contributed by atoms with E-state index in [1.165, 1.54) is 0 Å². The van der Waals surface area contributed by atoms with Crippen molar-refractivity contribution in [2.24, 2.45) is 5.41 Å². The maximum Gasteiger partial charge on any atom is 0.0826 e. The second kappa shape index (κ2) is 7.58. The Labute approximate surface area is 118 Å². The van der Waals surface area contributed by atoms with Crippen molar-refractivity contribution in [1.82, 2.24) is 10.2 Å². The van der Waals surface area contributed by atoms with E-state index in [0.717, 1.165) is 32.7 Å². The summed E-state index contributed by atoms with van der Waals surface area (Å²) < 4.78 is 5.83. The molecule has 1 fully saturated rings. The van der Waals surface area contributed by atoms with Gasteiger partial charge >= 0.3 is 0 Å². The molecule has 2 atom stereocenters. The standard InChI is InChI=1S/C15H32N2O2/c1-12(2)17-7-9-19-13(11-17)10-16-14(6-8-18)15(3,4)5/h12-14,16,18H,6-11H2,1-5H3. The van der Waals surface area contributed by atoms with Crippen molar-refractivity contribution in [2.45, 2.75) is 59.2 Å². The van der Waals surface area contributed by atoms with Crippen LogP contribution in [0.5, 0.6) is 0 Å². The summed E-state index contributed by atoms with van der Waals surface area (Å²) in [6.45, 7) is 15.1. The average Bonchev–Trinajstić information content (AvgIpc) is 2.33. The third kappa shape index (κ3) is 5.78. The molecule has 0 saturated carbocycles. The zero-order valence-electron chi connectivity index (χ0n) is 13.3. The Morgan fingerprint density at radius 1 is 1.37 bits per heavy atom. The minimum Gasteiger partial charge on any atom is -0.396 e. The van der Waals surface area contributed by atoms with Crippen molar-refractivity contribution in [2.75, 3.05) is 32.8 Å². The van der Waals surface area contributed by atoms with Crippen LogP contribution in [0.25, 0.3) is 0 Å². The van der Waals surface area contributed by atoms with E-state index in [1.54, 1.807) is 0 Å². The summed E-state index contributed by atoms with van der Waals surface area (Å²) in [5, 5.41) is 12.8. The molecule has 1 aliphatic heterocycles. The predicted molar refractivity (Wildman–Crippen MR) is 79.4 cm³/mol. The van der Waals surface area contributed by atoms with E-state index in [4.69, 9.17) is 4.74 Å². The minimum absolute atomic E-state index is 0.162. The highest BCUT2D eigenvalue weighted by Gasteiger charge is 2.27. The van der Waals surface area contributed by atoms with Gasteiger partial charge in [-0.05, 0) is 25.7 Å². The van der Waals surface area contributed by atoms with Crippen LogP contribution in [0.15, 0.2) is 0 Å². The molecule has 0 amide bonds. The summed E-state index contributed by atoms with van der Waals surface area (Å²) >= 11 is 0. The number of morpholine rings is 1. The number of aliphatic hydroxyl groups excluding tert-OH is 1. The van der Waals surface area contributed by atoms with Gasteiger partial charge in [-0.15, -0.1) is 0 Å². The number of nitrogens with zero attached hydrogens (tertiary/aromatic N) is 1.